The third-order valence-corrected chi connectivity index (χ3v) is 8.03. The highest BCUT2D eigenvalue weighted by Crippen LogP contribution is 2.28. The van der Waals surface area contributed by atoms with E-state index in [1.165, 1.54) is 14.8 Å². The second-order valence-electron chi connectivity index (χ2n) is 8.30. The third kappa shape index (κ3) is 5.66. The van der Waals surface area contributed by atoms with Crippen LogP contribution in [-0.4, -0.2) is 62.3 Å². The van der Waals surface area contributed by atoms with Gasteiger partial charge in [-0.05, 0) is 61.8 Å². The number of carbonyl (C=O) groups is 2. The van der Waals surface area contributed by atoms with Gasteiger partial charge in [0.15, 0.2) is 6.61 Å². The molecule has 0 atom stereocenters. The lowest BCUT2D eigenvalue weighted by Crippen LogP contribution is -2.41. The van der Waals surface area contributed by atoms with Gasteiger partial charge in [-0.25, -0.2) is 8.42 Å². The molecule has 32 heavy (non-hydrogen) atoms. The average Bonchev–Trinajstić information content (AvgIpc) is 2.82. The van der Waals surface area contributed by atoms with E-state index in [4.69, 9.17) is 4.74 Å². The molecular formula is C24H32N2O5S. The number of ether oxygens (including phenoxy) is 1. The van der Waals surface area contributed by atoms with Crippen LogP contribution in [0.5, 0.6) is 0 Å². The molecule has 7 nitrogen and oxygen atoms in total. The summed E-state index contributed by atoms with van der Waals surface area (Å²) in [6, 6.07) is 5.45. The predicted octanol–water partition coefficient (Wildman–Crippen LogP) is 2.71. The summed E-state index contributed by atoms with van der Waals surface area (Å²) >= 11 is 0. The Labute approximate surface area is 190 Å². The van der Waals surface area contributed by atoms with Crippen LogP contribution in [0.2, 0.25) is 0 Å². The summed E-state index contributed by atoms with van der Waals surface area (Å²) in [7, 11) is -3.59. The van der Waals surface area contributed by atoms with Crippen molar-refractivity contribution < 1.29 is 22.7 Å². The molecule has 0 radical (unpaired) electrons. The van der Waals surface area contributed by atoms with Crippen molar-refractivity contribution in [2.75, 3.05) is 32.8 Å². The van der Waals surface area contributed by atoms with Crippen LogP contribution in [0.4, 0.5) is 0 Å². The first kappa shape index (κ1) is 24.2. The molecule has 1 aliphatic carbocycles. The average molecular weight is 461 g/mol. The van der Waals surface area contributed by atoms with Gasteiger partial charge in [-0.2, -0.15) is 4.31 Å². The summed E-state index contributed by atoms with van der Waals surface area (Å²) in [5.74, 6) is -1.18. The van der Waals surface area contributed by atoms with Gasteiger partial charge >= 0.3 is 5.97 Å². The van der Waals surface area contributed by atoms with Crippen LogP contribution in [0, 0.1) is 5.92 Å². The zero-order chi connectivity index (χ0) is 23.1. The molecule has 174 valence electrons. The van der Waals surface area contributed by atoms with E-state index in [1.54, 1.807) is 18.2 Å². The summed E-state index contributed by atoms with van der Waals surface area (Å²) in [5.41, 5.74) is 2.37. The summed E-state index contributed by atoms with van der Waals surface area (Å²) in [5, 5.41) is 0. The maximum atomic E-state index is 13.1. The topological polar surface area (TPSA) is 84.0 Å². The van der Waals surface area contributed by atoms with Gasteiger partial charge in [0, 0.05) is 26.2 Å². The second kappa shape index (κ2) is 10.9. The number of rotatable bonds is 9. The Morgan fingerprint density at radius 2 is 1.69 bits per heavy atom. The Balaban J connectivity index is 1.54. The molecule has 8 heteroatoms. The molecule has 2 aliphatic rings. The zero-order valence-corrected chi connectivity index (χ0v) is 19.3. The van der Waals surface area contributed by atoms with Crippen molar-refractivity contribution in [2.24, 2.45) is 5.92 Å². The summed E-state index contributed by atoms with van der Waals surface area (Å²) < 4.78 is 32.9. The van der Waals surface area contributed by atoms with Gasteiger partial charge < -0.3 is 9.64 Å². The molecule has 1 fully saturated rings. The van der Waals surface area contributed by atoms with E-state index in [1.807, 2.05) is 12.1 Å². The van der Waals surface area contributed by atoms with E-state index >= 15 is 0 Å². The Morgan fingerprint density at radius 1 is 1.06 bits per heavy atom. The molecule has 0 N–H and O–H groups in total. The van der Waals surface area contributed by atoms with Gasteiger partial charge in [-0.15, -0.1) is 13.2 Å². The Morgan fingerprint density at radius 3 is 2.31 bits per heavy atom. The first-order chi connectivity index (χ1) is 15.4. The van der Waals surface area contributed by atoms with Crippen LogP contribution in [0.1, 0.15) is 36.8 Å². The van der Waals surface area contributed by atoms with Crippen LogP contribution >= 0.6 is 0 Å². The van der Waals surface area contributed by atoms with Crippen molar-refractivity contribution >= 4 is 21.9 Å². The second-order valence-corrected chi connectivity index (χ2v) is 10.2. The van der Waals surface area contributed by atoms with Gasteiger partial charge in [0.25, 0.3) is 5.91 Å². The van der Waals surface area contributed by atoms with E-state index in [0.29, 0.717) is 30.8 Å². The van der Waals surface area contributed by atoms with Gasteiger partial charge in [-0.3, -0.25) is 9.59 Å². The Hall–Kier alpha value is -2.45. The van der Waals surface area contributed by atoms with Crippen LogP contribution in [-0.2, 0) is 37.2 Å². The van der Waals surface area contributed by atoms with E-state index < -0.39 is 21.9 Å². The Bertz CT molecular complexity index is 955. The van der Waals surface area contributed by atoms with Crippen LogP contribution in [0.15, 0.2) is 48.4 Å². The molecule has 1 aliphatic heterocycles. The van der Waals surface area contributed by atoms with E-state index in [9.17, 15) is 18.0 Å². The molecule has 3 rings (SSSR count). The first-order valence-corrected chi connectivity index (χ1v) is 12.6. The van der Waals surface area contributed by atoms with Gasteiger partial charge in [0.1, 0.15) is 0 Å². The molecule has 1 aromatic carbocycles. The fraction of sp³-hybridized carbons (Fsp3) is 0.500. The monoisotopic (exact) mass is 460 g/mol. The molecule has 1 saturated heterocycles. The molecule has 1 aromatic rings. The predicted molar refractivity (Wildman–Crippen MR) is 122 cm³/mol. The smallest absolute Gasteiger partial charge is 0.309 e. The summed E-state index contributed by atoms with van der Waals surface area (Å²) in [6.07, 6.45) is 8.11. The SMILES string of the molecule is C=CCN(CC=C)C(=O)COC(=O)C1CCN(S(=O)(=O)c2ccc3c(c2)CCCC3)CC1. The fourth-order valence-electron chi connectivity index (χ4n) is 4.28. The van der Waals surface area contributed by atoms with Crippen LogP contribution in [0.3, 0.4) is 0 Å². The number of hydrogen-bond donors (Lipinski definition) is 0. The number of esters is 1. The van der Waals surface area contributed by atoms with Crippen molar-refractivity contribution in [1.29, 1.82) is 0 Å². The lowest BCUT2D eigenvalue weighted by molar-refractivity contribution is -0.156. The molecule has 1 heterocycles. The highest BCUT2D eigenvalue weighted by atomic mass is 32.2. The zero-order valence-electron chi connectivity index (χ0n) is 18.5. The molecule has 0 aromatic heterocycles. The minimum atomic E-state index is -3.59. The number of benzene rings is 1. The van der Waals surface area contributed by atoms with E-state index in [-0.39, 0.29) is 25.6 Å². The first-order valence-electron chi connectivity index (χ1n) is 11.1. The number of amides is 1. The molecule has 0 unspecified atom stereocenters. The number of fused-ring (bicyclic) bond motifs is 1. The normalized spacial score (nSPS) is 17.2. The van der Waals surface area contributed by atoms with E-state index in [0.717, 1.165) is 31.2 Å². The van der Waals surface area contributed by atoms with Crippen LogP contribution < -0.4 is 0 Å². The maximum Gasteiger partial charge on any atom is 0.309 e. The quantitative estimate of drug-likeness (QED) is 0.418. The standard InChI is InChI=1S/C24H32N2O5S/c1-3-13-25(14-4-2)23(27)18-31-24(28)20-11-15-26(16-12-20)32(29,30)22-10-9-19-7-5-6-8-21(19)17-22/h3-4,9-10,17,20H,1-2,5-8,11-16,18H2. The van der Waals surface area contributed by atoms with E-state index in [2.05, 4.69) is 13.2 Å². The van der Waals surface area contributed by atoms with Crippen LogP contribution in [0.25, 0.3) is 0 Å². The summed E-state index contributed by atoms with van der Waals surface area (Å²) in [6.45, 7) is 8.10. The van der Waals surface area contributed by atoms with Crippen molar-refractivity contribution in [1.82, 2.24) is 9.21 Å². The fourth-order valence-corrected chi connectivity index (χ4v) is 5.80. The number of nitrogens with zero attached hydrogens (tertiary/aromatic N) is 2. The lowest BCUT2D eigenvalue weighted by atomic mass is 9.92. The van der Waals surface area contributed by atoms with Crippen molar-refractivity contribution in [3.63, 3.8) is 0 Å². The Kier molecular flexibility index (Phi) is 8.26. The summed E-state index contributed by atoms with van der Waals surface area (Å²) in [4.78, 5) is 26.5. The molecule has 1 amide bonds. The minimum absolute atomic E-state index is 0.256. The maximum absolute atomic E-state index is 13.1. The number of piperidine rings is 1. The molecule has 0 spiro atoms. The number of sulfonamides is 1. The number of carbonyl (C=O) groups excluding carboxylic acids is 2. The molecule has 0 bridgehead atoms. The number of hydrogen-bond acceptors (Lipinski definition) is 5. The van der Waals surface area contributed by atoms with Crippen molar-refractivity contribution in [3.05, 3.63) is 54.6 Å². The molecule has 0 saturated carbocycles. The third-order valence-electron chi connectivity index (χ3n) is 6.13. The molecular weight excluding hydrogens is 428 g/mol. The van der Waals surface area contributed by atoms with Crippen molar-refractivity contribution in [3.8, 4) is 0 Å². The largest absolute Gasteiger partial charge is 0.455 e. The van der Waals surface area contributed by atoms with Gasteiger partial charge in [0.05, 0.1) is 10.8 Å². The number of aryl methyl sites for hydroxylation is 2. The van der Waals surface area contributed by atoms with Gasteiger partial charge in [-0.1, -0.05) is 18.2 Å². The lowest BCUT2D eigenvalue weighted by Gasteiger charge is -2.30. The van der Waals surface area contributed by atoms with Gasteiger partial charge in [0.2, 0.25) is 10.0 Å². The highest BCUT2D eigenvalue weighted by Gasteiger charge is 2.33. The van der Waals surface area contributed by atoms with Crippen molar-refractivity contribution in [2.45, 2.75) is 43.4 Å². The highest BCUT2D eigenvalue weighted by molar-refractivity contribution is 7.89. The minimum Gasteiger partial charge on any atom is -0.455 e.